The van der Waals surface area contributed by atoms with E-state index in [4.69, 9.17) is 5.26 Å². The van der Waals surface area contributed by atoms with Crippen molar-refractivity contribution in [2.75, 3.05) is 5.32 Å². The van der Waals surface area contributed by atoms with Gasteiger partial charge in [0.05, 0.1) is 16.5 Å². The SMILES string of the molecule is CC(=O)Nc1ccc(S(=O)(=O)NCc2ccc(C#N)cc2)cc1. The molecular formula is C16H15N3O3S. The molecule has 2 N–H and O–H groups in total. The van der Waals surface area contributed by atoms with Gasteiger partial charge in [-0.05, 0) is 42.0 Å². The van der Waals surface area contributed by atoms with E-state index in [1.165, 1.54) is 31.2 Å². The number of anilines is 1. The van der Waals surface area contributed by atoms with Crippen molar-refractivity contribution >= 4 is 21.6 Å². The second kappa shape index (κ2) is 7.05. The topological polar surface area (TPSA) is 99.1 Å². The van der Waals surface area contributed by atoms with Gasteiger partial charge in [-0.2, -0.15) is 5.26 Å². The van der Waals surface area contributed by atoms with Crippen molar-refractivity contribution in [2.45, 2.75) is 18.4 Å². The Balaban J connectivity index is 2.06. The van der Waals surface area contributed by atoms with Crippen molar-refractivity contribution in [3.8, 4) is 6.07 Å². The number of hydrogen-bond acceptors (Lipinski definition) is 4. The Hall–Kier alpha value is -2.69. The first-order valence-electron chi connectivity index (χ1n) is 6.77. The number of hydrogen-bond donors (Lipinski definition) is 2. The first-order chi connectivity index (χ1) is 10.9. The summed E-state index contributed by atoms with van der Waals surface area (Å²) in [6.07, 6.45) is 0. The third-order valence-corrected chi connectivity index (χ3v) is 4.45. The van der Waals surface area contributed by atoms with E-state index in [0.717, 1.165) is 5.56 Å². The van der Waals surface area contributed by atoms with Crippen LogP contribution in [-0.2, 0) is 21.4 Å². The van der Waals surface area contributed by atoms with Crippen LogP contribution in [0, 0.1) is 11.3 Å². The molecular weight excluding hydrogens is 314 g/mol. The predicted octanol–water partition coefficient (Wildman–Crippen LogP) is 2.00. The highest BCUT2D eigenvalue weighted by atomic mass is 32.2. The van der Waals surface area contributed by atoms with Crippen LogP contribution in [0.2, 0.25) is 0 Å². The number of nitrogens with zero attached hydrogens (tertiary/aromatic N) is 1. The molecule has 118 valence electrons. The van der Waals surface area contributed by atoms with Crippen LogP contribution in [-0.4, -0.2) is 14.3 Å². The van der Waals surface area contributed by atoms with Gasteiger partial charge in [-0.3, -0.25) is 4.79 Å². The summed E-state index contributed by atoms with van der Waals surface area (Å²) in [6.45, 7) is 1.51. The molecule has 0 unspecified atom stereocenters. The Kier molecular flexibility index (Phi) is 5.11. The summed E-state index contributed by atoms with van der Waals surface area (Å²) in [5.74, 6) is -0.223. The summed E-state index contributed by atoms with van der Waals surface area (Å²) >= 11 is 0. The first-order valence-corrected chi connectivity index (χ1v) is 8.25. The maximum Gasteiger partial charge on any atom is 0.240 e. The van der Waals surface area contributed by atoms with E-state index in [2.05, 4.69) is 10.0 Å². The molecule has 0 aliphatic rings. The first kappa shape index (κ1) is 16.7. The van der Waals surface area contributed by atoms with Crippen LogP contribution in [0.25, 0.3) is 0 Å². The number of rotatable bonds is 5. The molecule has 0 radical (unpaired) electrons. The predicted molar refractivity (Wildman–Crippen MR) is 85.9 cm³/mol. The molecule has 1 amide bonds. The Labute approximate surface area is 134 Å². The zero-order valence-electron chi connectivity index (χ0n) is 12.4. The highest BCUT2D eigenvalue weighted by molar-refractivity contribution is 7.89. The fourth-order valence-electron chi connectivity index (χ4n) is 1.88. The van der Waals surface area contributed by atoms with E-state index in [-0.39, 0.29) is 17.3 Å². The van der Waals surface area contributed by atoms with Crippen molar-refractivity contribution < 1.29 is 13.2 Å². The van der Waals surface area contributed by atoms with Crippen LogP contribution >= 0.6 is 0 Å². The van der Waals surface area contributed by atoms with Gasteiger partial charge in [-0.25, -0.2) is 13.1 Å². The number of sulfonamides is 1. The number of nitriles is 1. The zero-order valence-corrected chi connectivity index (χ0v) is 13.2. The van der Waals surface area contributed by atoms with Gasteiger partial charge in [-0.1, -0.05) is 12.1 Å². The maximum atomic E-state index is 12.2. The molecule has 6 nitrogen and oxygen atoms in total. The number of benzene rings is 2. The van der Waals surface area contributed by atoms with E-state index in [0.29, 0.717) is 11.3 Å². The van der Waals surface area contributed by atoms with Gasteiger partial charge in [-0.15, -0.1) is 0 Å². The minimum absolute atomic E-state index is 0.111. The summed E-state index contributed by atoms with van der Waals surface area (Å²) < 4.78 is 26.9. The van der Waals surface area contributed by atoms with E-state index in [1.807, 2.05) is 6.07 Å². The van der Waals surface area contributed by atoms with E-state index in [1.54, 1.807) is 24.3 Å². The van der Waals surface area contributed by atoms with E-state index in [9.17, 15) is 13.2 Å². The lowest BCUT2D eigenvalue weighted by atomic mass is 10.1. The smallest absolute Gasteiger partial charge is 0.240 e. The van der Waals surface area contributed by atoms with Crippen molar-refractivity contribution in [1.82, 2.24) is 4.72 Å². The summed E-state index contributed by atoms with van der Waals surface area (Å²) in [5.41, 5.74) is 1.80. The number of carbonyl (C=O) groups excluding carboxylic acids is 1. The second-order valence-electron chi connectivity index (χ2n) is 4.84. The number of carbonyl (C=O) groups is 1. The monoisotopic (exact) mass is 329 g/mol. The molecule has 0 bridgehead atoms. The van der Waals surface area contributed by atoms with Crippen molar-refractivity contribution in [2.24, 2.45) is 0 Å². The Morgan fingerprint density at radius 2 is 1.70 bits per heavy atom. The van der Waals surface area contributed by atoms with Crippen LogP contribution in [0.1, 0.15) is 18.1 Å². The van der Waals surface area contributed by atoms with Crippen LogP contribution in [0.3, 0.4) is 0 Å². The molecule has 0 saturated carbocycles. The molecule has 0 fully saturated rings. The molecule has 0 spiro atoms. The largest absolute Gasteiger partial charge is 0.326 e. The normalized spacial score (nSPS) is 10.8. The molecule has 2 aromatic rings. The standard InChI is InChI=1S/C16H15N3O3S/c1-12(20)19-15-6-8-16(9-7-15)23(21,22)18-11-14-4-2-13(10-17)3-5-14/h2-9,18H,11H2,1H3,(H,19,20). The van der Waals surface area contributed by atoms with Crippen LogP contribution in [0.4, 0.5) is 5.69 Å². The fourth-order valence-corrected chi connectivity index (χ4v) is 2.90. The molecule has 2 rings (SSSR count). The average molecular weight is 329 g/mol. The summed E-state index contributed by atoms with van der Waals surface area (Å²) in [4.78, 5) is 11.0. The number of amides is 1. The third-order valence-electron chi connectivity index (χ3n) is 3.03. The fraction of sp³-hybridized carbons (Fsp3) is 0.125. The molecule has 23 heavy (non-hydrogen) atoms. The van der Waals surface area contributed by atoms with E-state index < -0.39 is 10.0 Å². The van der Waals surface area contributed by atoms with E-state index >= 15 is 0 Å². The zero-order chi connectivity index (χ0) is 16.9. The molecule has 0 aliphatic carbocycles. The highest BCUT2D eigenvalue weighted by Crippen LogP contribution is 2.14. The molecule has 2 aromatic carbocycles. The van der Waals surface area contributed by atoms with Crippen molar-refractivity contribution in [1.29, 1.82) is 5.26 Å². The van der Waals surface area contributed by atoms with Gasteiger partial charge < -0.3 is 5.32 Å². The summed E-state index contributed by atoms with van der Waals surface area (Å²) in [7, 11) is -3.65. The molecule has 0 atom stereocenters. The van der Waals surface area contributed by atoms with Crippen molar-refractivity contribution in [3.63, 3.8) is 0 Å². The van der Waals surface area contributed by atoms with Gasteiger partial charge in [0.1, 0.15) is 0 Å². The van der Waals surface area contributed by atoms with Crippen LogP contribution < -0.4 is 10.0 Å². The Morgan fingerprint density at radius 1 is 1.09 bits per heavy atom. The third kappa shape index (κ3) is 4.64. The Morgan fingerprint density at radius 3 is 2.22 bits per heavy atom. The lowest BCUT2D eigenvalue weighted by Gasteiger charge is -2.08. The van der Waals surface area contributed by atoms with Gasteiger partial charge in [0.25, 0.3) is 0 Å². The number of nitrogens with one attached hydrogen (secondary N) is 2. The lowest BCUT2D eigenvalue weighted by Crippen LogP contribution is -2.23. The molecule has 0 heterocycles. The second-order valence-corrected chi connectivity index (χ2v) is 6.61. The van der Waals surface area contributed by atoms with Gasteiger partial charge >= 0.3 is 0 Å². The summed E-state index contributed by atoms with van der Waals surface area (Å²) in [5, 5.41) is 11.3. The quantitative estimate of drug-likeness (QED) is 0.876. The lowest BCUT2D eigenvalue weighted by molar-refractivity contribution is -0.114. The van der Waals surface area contributed by atoms with Gasteiger partial charge in [0.15, 0.2) is 0 Å². The van der Waals surface area contributed by atoms with Crippen LogP contribution in [0.5, 0.6) is 0 Å². The van der Waals surface area contributed by atoms with Gasteiger partial charge in [0, 0.05) is 19.2 Å². The minimum Gasteiger partial charge on any atom is -0.326 e. The van der Waals surface area contributed by atoms with Gasteiger partial charge in [0.2, 0.25) is 15.9 Å². The minimum atomic E-state index is -3.65. The molecule has 0 saturated heterocycles. The average Bonchev–Trinajstić information content (AvgIpc) is 2.53. The highest BCUT2D eigenvalue weighted by Gasteiger charge is 2.13. The van der Waals surface area contributed by atoms with Crippen LogP contribution in [0.15, 0.2) is 53.4 Å². The molecule has 0 aromatic heterocycles. The molecule has 7 heteroatoms. The Bertz CT molecular complexity index is 836. The van der Waals surface area contributed by atoms with Crippen molar-refractivity contribution in [3.05, 3.63) is 59.7 Å². The summed E-state index contributed by atoms with van der Waals surface area (Å²) in [6, 6.07) is 14.6. The molecule has 0 aliphatic heterocycles. The maximum absolute atomic E-state index is 12.2.